The molecule has 4 aliphatic heterocycles. The third kappa shape index (κ3) is 7.86. The number of imide groups is 1. The molecule has 5 fully saturated rings. The molecule has 0 bridgehead atoms. The largest absolute Gasteiger partial charge is 0.352 e. The number of piperidine rings is 1. The van der Waals surface area contributed by atoms with E-state index in [9.17, 15) is 19.2 Å². The number of likely N-dealkylation sites (tertiary alicyclic amines) is 1. The third-order valence-electron chi connectivity index (χ3n) is 15.5. The van der Waals surface area contributed by atoms with Crippen molar-refractivity contribution in [2.45, 2.75) is 113 Å². The van der Waals surface area contributed by atoms with E-state index in [2.05, 4.69) is 61.8 Å². The molecule has 65 heavy (non-hydrogen) atoms. The van der Waals surface area contributed by atoms with Gasteiger partial charge in [-0.1, -0.05) is 55.0 Å². The van der Waals surface area contributed by atoms with Crippen LogP contribution in [-0.4, -0.2) is 86.8 Å². The Labute approximate surface area is 388 Å². The van der Waals surface area contributed by atoms with Crippen LogP contribution in [0.25, 0.3) is 5.65 Å². The molecular formula is C49H54Cl2FN9O4. The lowest BCUT2D eigenvalue weighted by Crippen LogP contribution is -2.61. The van der Waals surface area contributed by atoms with Crippen molar-refractivity contribution < 1.29 is 23.6 Å². The molecule has 3 atom stereocenters. The molecule has 16 heteroatoms. The number of hydrogen-bond donors (Lipinski definition) is 4. The zero-order valence-corrected chi connectivity index (χ0v) is 38.2. The quantitative estimate of drug-likeness (QED) is 0.116. The molecule has 3 aromatic heterocycles. The van der Waals surface area contributed by atoms with Gasteiger partial charge in [0.05, 0.1) is 12.2 Å². The Bertz CT molecular complexity index is 2640. The molecule has 3 saturated heterocycles. The predicted molar refractivity (Wildman–Crippen MR) is 246 cm³/mol. The molecule has 340 valence electrons. The fraction of sp³-hybridized carbons (Fsp3) is 0.510. The highest BCUT2D eigenvalue weighted by Gasteiger charge is 2.73. The van der Waals surface area contributed by atoms with E-state index >= 15 is 4.39 Å². The van der Waals surface area contributed by atoms with Crippen LogP contribution < -0.4 is 26.2 Å². The van der Waals surface area contributed by atoms with Gasteiger partial charge in [0, 0.05) is 71.6 Å². The molecule has 4 N–H and O–H groups in total. The maximum atomic E-state index is 16.4. The number of halogens is 3. The second-order valence-electron chi connectivity index (χ2n) is 19.9. The Morgan fingerprint density at radius 3 is 2.46 bits per heavy atom. The number of amides is 5. The number of hydrogen-bond acceptors (Lipinski definition) is 8. The minimum absolute atomic E-state index is 0.0434. The van der Waals surface area contributed by atoms with Gasteiger partial charge in [0.1, 0.15) is 16.9 Å². The van der Waals surface area contributed by atoms with Crippen LogP contribution in [0.15, 0.2) is 55.0 Å². The van der Waals surface area contributed by atoms with Crippen LogP contribution >= 0.6 is 23.2 Å². The monoisotopic (exact) mass is 921 g/mol. The summed E-state index contributed by atoms with van der Waals surface area (Å²) in [5.41, 5.74) is 0.951. The highest BCUT2D eigenvalue weighted by Crippen LogP contribution is 2.64. The number of imidazole rings is 1. The average molecular weight is 923 g/mol. The maximum absolute atomic E-state index is 16.4. The fourth-order valence-corrected chi connectivity index (χ4v) is 12.3. The van der Waals surface area contributed by atoms with Crippen LogP contribution in [0.5, 0.6) is 0 Å². The van der Waals surface area contributed by atoms with Crippen molar-refractivity contribution in [2.24, 2.45) is 17.3 Å². The molecule has 10 rings (SSSR count). The smallest absolute Gasteiger partial charge is 0.329 e. The normalized spacial score (nSPS) is 27.6. The van der Waals surface area contributed by atoms with Gasteiger partial charge >= 0.3 is 6.03 Å². The summed E-state index contributed by atoms with van der Waals surface area (Å²) in [7, 11) is 0. The van der Waals surface area contributed by atoms with Crippen molar-refractivity contribution in [1.29, 1.82) is 0 Å². The lowest BCUT2D eigenvalue weighted by molar-refractivity contribution is -0.125. The molecule has 2 spiro atoms. The SMILES string of the molecule is CC1(C)CCC2(CC1)N[C@@H](C(=O)N[C@H]1CC[C@H](CN3CCC(C#Cc4ccn5c(N6CCC(=O)NC6=O)cnc5c4)CC3)CC1)[C@H](c1ccnc(Cl)c1F)[C@]21C(=O)Nc2cc(Cl)ccc21. The Morgan fingerprint density at radius 2 is 1.71 bits per heavy atom. The summed E-state index contributed by atoms with van der Waals surface area (Å²) >= 11 is 12.8. The number of pyridine rings is 2. The highest BCUT2D eigenvalue weighted by molar-refractivity contribution is 6.31. The van der Waals surface area contributed by atoms with E-state index in [-0.39, 0.29) is 46.3 Å². The number of anilines is 2. The molecule has 4 aromatic rings. The van der Waals surface area contributed by atoms with E-state index in [0.29, 0.717) is 53.4 Å². The van der Waals surface area contributed by atoms with Gasteiger partial charge < -0.3 is 15.5 Å². The van der Waals surface area contributed by atoms with Crippen molar-refractivity contribution in [3.05, 3.63) is 87.7 Å². The van der Waals surface area contributed by atoms with Crippen molar-refractivity contribution in [3.63, 3.8) is 0 Å². The first-order valence-corrected chi connectivity index (χ1v) is 23.8. The first-order valence-electron chi connectivity index (χ1n) is 23.1. The lowest BCUT2D eigenvalue weighted by atomic mass is 9.53. The van der Waals surface area contributed by atoms with Gasteiger partial charge in [0.15, 0.2) is 11.0 Å². The van der Waals surface area contributed by atoms with E-state index < -0.39 is 34.8 Å². The number of nitrogens with zero attached hydrogens (tertiary/aromatic N) is 5. The van der Waals surface area contributed by atoms with Crippen LogP contribution in [0.2, 0.25) is 10.2 Å². The Balaban J connectivity index is 0.782. The van der Waals surface area contributed by atoms with Crippen LogP contribution in [0.4, 0.5) is 20.7 Å². The summed E-state index contributed by atoms with van der Waals surface area (Å²) in [4.78, 5) is 66.2. The number of aromatic nitrogens is 3. The van der Waals surface area contributed by atoms with E-state index in [1.54, 1.807) is 24.4 Å². The van der Waals surface area contributed by atoms with Gasteiger partial charge in [-0.05, 0) is 130 Å². The van der Waals surface area contributed by atoms with Crippen molar-refractivity contribution in [3.8, 4) is 11.8 Å². The first kappa shape index (κ1) is 43.8. The number of nitrogens with one attached hydrogen (secondary N) is 4. The summed E-state index contributed by atoms with van der Waals surface area (Å²) in [5.74, 6) is 5.88. The van der Waals surface area contributed by atoms with Gasteiger partial charge in [0.25, 0.3) is 0 Å². The second-order valence-corrected chi connectivity index (χ2v) is 20.7. The van der Waals surface area contributed by atoms with Crippen LogP contribution in [0, 0.1) is 34.9 Å². The van der Waals surface area contributed by atoms with E-state index in [0.717, 1.165) is 82.1 Å². The molecule has 2 saturated carbocycles. The fourth-order valence-electron chi connectivity index (χ4n) is 11.9. The van der Waals surface area contributed by atoms with Gasteiger partial charge in [-0.15, -0.1) is 0 Å². The van der Waals surface area contributed by atoms with Crippen LogP contribution in [0.3, 0.4) is 0 Å². The summed E-state index contributed by atoms with van der Waals surface area (Å²) in [6.45, 7) is 7.74. The minimum Gasteiger partial charge on any atom is -0.352 e. The Kier molecular flexibility index (Phi) is 11.4. The Hall–Kier alpha value is -5.07. The molecular weight excluding hydrogens is 869 g/mol. The molecule has 0 unspecified atom stereocenters. The molecule has 1 aromatic carbocycles. The third-order valence-corrected chi connectivity index (χ3v) is 16.0. The van der Waals surface area contributed by atoms with Gasteiger partial charge in [0.2, 0.25) is 17.7 Å². The van der Waals surface area contributed by atoms with Crippen molar-refractivity contribution in [2.75, 3.05) is 36.4 Å². The number of benzene rings is 1. The predicted octanol–water partition coefficient (Wildman–Crippen LogP) is 7.34. The lowest BCUT2D eigenvalue weighted by Gasteiger charge is -2.50. The number of fused-ring (bicyclic) bond motifs is 4. The van der Waals surface area contributed by atoms with Gasteiger partial charge in [-0.25, -0.2) is 19.2 Å². The summed E-state index contributed by atoms with van der Waals surface area (Å²) in [6, 6.07) is 9.41. The zero-order valence-electron chi connectivity index (χ0n) is 36.7. The standard InChI is InChI=1S/C49H54Cl2FN9O4/c1-47(2)16-18-48(19-17-47)49(35-10-7-32(50)26-36(35)56-45(49)64)40(34-11-20-53-43(51)41(34)52)42(58-48)44(63)55-33-8-5-31(6-9-33)28-59-21-12-29(13-22-59)3-4-30-14-23-60-37(25-30)54-27-39(60)61-24-15-38(62)57-46(61)65/h7,10-11,14,20,23,25-27,29,31,33,40,42,58H,5-6,8-9,12-13,15-19,21-22,24,28H2,1-2H3,(H,55,63)(H,56,64)(H,57,62,65)/t31-,33-,40-,42+,49+/m0/s1. The molecule has 0 radical (unpaired) electrons. The molecule has 5 amide bonds. The molecule has 7 heterocycles. The zero-order chi connectivity index (χ0) is 45.3. The topological polar surface area (TPSA) is 153 Å². The number of urea groups is 1. The van der Waals surface area contributed by atoms with Crippen molar-refractivity contribution in [1.82, 2.24) is 35.2 Å². The second kappa shape index (κ2) is 17.0. The van der Waals surface area contributed by atoms with E-state index in [1.807, 2.05) is 28.8 Å². The molecule has 2 aliphatic carbocycles. The number of rotatable bonds is 6. The first-order chi connectivity index (χ1) is 31.2. The summed E-state index contributed by atoms with van der Waals surface area (Å²) < 4.78 is 18.2. The van der Waals surface area contributed by atoms with Crippen LogP contribution in [-0.2, 0) is 19.8 Å². The van der Waals surface area contributed by atoms with Gasteiger partial charge in [-0.3, -0.25) is 34.3 Å². The average Bonchev–Trinajstić information content (AvgIpc) is 3.93. The number of carbonyl (C=O) groups excluding carboxylic acids is 4. The minimum atomic E-state index is -1.31. The van der Waals surface area contributed by atoms with E-state index in [4.69, 9.17) is 23.2 Å². The molecule has 6 aliphatic rings. The summed E-state index contributed by atoms with van der Waals surface area (Å²) in [5, 5.41) is 12.8. The number of carbonyl (C=O) groups is 4. The van der Waals surface area contributed by atoms with Crippen LogP contribution in [0.1, 0.15) is 107 Å². The maximum Gasteiger partial charge on any atom is 0.329 e. The van der Waals surface area contributed by atoms with E-state index in [1.165, 1.54) is 11.1 Å². The highest BCUT2D eigenvalue weighted by atomic mass is 35.5. The molecule has 13 nitrogen and oxygen atoms in total. The van der Waals surface area contributed by atoms with Gasteiger partial charge in [-0.2, -0.15) is 0 Å². The summed E-state index contributed by atoms with van der Waals surface area (Å²) in [6.07, 6.45) is 13.7. The van der Waals surface area contributed by atoms with Crippen molar-refractivity contribution >= 4 is 64.1 Å². The Morgan fingerprint density at radius 1 is 0.938 bits per heavy atom.